The molecule has 3 N–H and O–H groups in total. The Labute approximate surface area is 128 Å². The Kier molecular flexibility index (Phi) is 3.55. The van der Waals surface area contributed by atoms with Crippen molar-refractivity contribution in [3.63, 3.8) is 0 Å². The molecule has 3 rings (SSSR count). The normalized spacial score (nSPS) is 17.3. The molecule has 21 heavy (non-hydrogen) atoms. The van der Waals surface area contributed by atoms with Crippen LogP contribution in [0.15, 0.2) is 29.6 Å². The average molecular weight is 301 g/mol. The Morgan fingerprint density at radius 2 is 2.05 bits per heavy atom. The summed E-state index contributed by atoms with van der Waals surface area (Å²) >= 11 is 1.63. The molecule has 0 spiro atoms. The number of hydrogen-bond acceptors (Lipinski definition) is 4. The van der Waals surface area contributed by atoms with E-state index in [4.69, 9.17) is 5.73 Å². The van der Waals surface area contributed by atoms with Gasteiger partial charge in [0, 0.05) is 16.6 Å². The second-order valence-electron chi connectivity index (χ2n) is 5.84. The van der Waals surface area contributed by atoms with Crippen LogP contribution in [0.3, 0.4) is 0 Å². The van der Waals surface area contributed by atoms with Crippen LogP contribution in [0, 0.1) is 12.8 Å². The predicted molar refractivity (Wildman–Crippen MR) is 86.2 cm³/mol. The van der Waals surface area contributed by atoms with Crippen molar-refractivity contribution in [3.05, 3.63) is 34.7 Å². The fraction of sp³-hybridized carbons (Fsp3) is 0.375. The number of carbonyl (C=O) groups is 1. The van der Waals surface area contributed by atoms with Crippen molar-refractivity contribution in [1.29, 1.82) is 0 Å². The van der Waals surface area contributed by atoms with Crippen molar-refractivity contribution >= 4 is 22.9 Å². The maximum absolute atomic E-state index is 12.2. The number of benzene rings is 1. The molecular weight excluding hydrogens is 282 g/mol. The minimum atomic E-state index is -0.773. The van der Waals surface area contributed by atoms with E-state index in [-0.39, 0.29) is 5.91 Å². The van der Waals surface area contributed by atoms with Gasteiger partial charge in [-0.1, -0.05) is 12.1 Å². The number of aromatic nitrogens is 1. The highest BCUT2D eigenvalue weighted by Gasteiger charge is 2.44. The SMILES string of the molecule is Cc1nc(-c2ccc(NC(=O)C(C)(N)C3CC3)cc2)cs1. The average Bonchev–Trinajstić information content (AvgIpc) is 3.23. The molecule has 0 saturated heterocycles. The van der Waals surface area contributed by atoms with Crippen LogP contribution in [0.4, 0.5) is 5.69 Å². The summed E-state index contributed by atoms with van der Waals surface area (Å²) in [6.45, 7) is 3.80. The van der Waals surface area contributed by atoms with E-state index in [9.17, 15) is 4.79 Å². The smallest absolute Gasteiger partial charge is 0.244 e. The third-order valence-electron chi connectivity index (χ3n) is 3.97. The highest BCUT2D eigenvalue weighted by atomic mass is 32.1. The van der Waals surface area contributed by atoms with E-state index < -0.39 is 5.54 Å². The molecule has 1 heterocycles. The van der Waals surface area contributed by atoms with Gasteiger partial charge in [-0.15, -0.1) is 11.3 Å². The van der Waals surface area contributed by atoms with E-state index in [1.54, 1.807) is 11.3 Å². The predicted octanol–water partition coefficient (Wildman–Crippen LogP) is 3.18. The second kappa shape index (κ2) is 5.24. The van der Waals surface area contributed by atoms with Crippen LogP contribution in [0.25, 0.3) is 11.3 Å². The van der Waals surface area contributed by atoms with Crippen LogP contribution in [-0.2, 0) is 4.79 Å². The summed E-state index contributed by atoms with van der Waals surface area (Å²) in [6.07, 6.45) is 2.09. The highest BCUT2D eigenvalue weighted by Crippen LogP contribution is 2.38. The zero-order valence-electron chi connectivity index (χ0n) is 12.2. The number of nitrogens with one attached hydrogen (secondary N) is 1. The quantitative estimate of drug-likeness (QED) is 0.911. The summed E-state index contributed by atoms with van der Waals surface area (Å²) in [5.41, 5.74) is 8.14. The number of nitrogens with two attached hydrogens (primary N) is 1. The van der Waals surface area contributed by atoms with E-state index in [2.05, 4.69) is 10.3 Å². The van der Waals surface area contributed by atoms with Crippen LogP contribution < -0.4 is 11.1 Å². The molecule has 1 unspecified atom stereocenters. The third kappa shape index (κ3) is 2.99. The van der Waals surface area contributed by atoms with Crippen molar-refractivity contribution in [2.45, 2.75) is 32.2 Å². The van der Waals surface area contributed by atoms with Crippen LogP contribution in [0.5, 0.6) is 0 Å². The van der Waals surface area contributed by atoms with Crippen molar-refractivity contribution in [3.8, 4) is 11.3 Å². The molecule has 110 valence electrons. The molecule has 0 radical (unpaired) electrons. The Morgan fingerprint density at radius 1 is 1.38 bits per heavy atom. The summed E-state index contributed by atoms with van der Waals surface area (Å²) < 4.78 is 0. The van der Waals surface area contributed by atoms with Crippen molar-refractivity contribution in [1.82, 2.24) is 4.98 Å². The number of aryl methyl sites for hydroxylation is 1. The number of nitrogens with zero attached hydrogens (tertiary/aromatic N) is 1. The monoisotopic (exact) mass is 301 g/mol. The minimum absolute atomic E-state index is 0.109. The van der Waals surface area contributed by atoms with Gasteiger partial charge in [-0.2, -0.15) is 0 Å². The van der Waals surface area contributed by atoms with E-state index in [1.807, 2.05) is 43.5 Å². The second-order valence-corrected chi connectivity index (χ2v) is 6.90. The molecule has 1 aromatic heterocycles. The minimum Gasteiger partial charge on any atom is -0.324 e. The van der Waals surface area contributed by atoms with Crippen LogP contribution in [0.2, 0.25) is 0 Å². The number of thiazole rings is 1. The summed E-state index contributed by atoms with van der Waals surface area (Å²) in [6, 6.07) is 7.72. The molecule has 1 saturated carbocycles. The van der Waals surface area contributed by atoms with Gasteiger partial charge in [0.25, 0.3) is 0 Å². The van der Waals surface area contributed by atoms with E-state index >= 15 is 0 Å². The summed E-state index contributed by atoms with van der Waals surface area (Å²) in [5, 5.41) is 5.99. The third-order valence-corrected chi connectivity index (χ3v) is 4.75. The number of anilines is 1. The Hall–Kier alpha value is -1.72. The zero-order chi connectivity index (χ0) is 15.0. The maximum atomic E-state index is 12.2. The first kappa shape index (κ1) is 14.2. The molecule has 1 amide bonds. The largest absolute Gasteiger partial charge is 0.324 e. The van der Waals surface area contributed by atoms with Gasteiger partial charge in [0.1, 0.15) is 0 Å². The first-order valence-electron chi connectivity index (χ1n) is 7.10. The molecule has 1 aromatic carbocycles. The van der Waals surface area contributed by atoms with Gasteiger partial charge >= 0.3 is 0 Å². The Morgan fingerprint density at radius 3 is 2.57 bits per heavy atom. The molecule has 1 fully saturated rings. The molecular formula is C16H19N3OS. The lowest BCUT2D eigenvalue weighted by atomic mass is 9.96. The van der Waals surface area contributed by atoms with Crippen molar-refractivity contribution in [2.75, 3.05) is 5.32 Å². The van der Waals surface area contributed by atoms with Crippen LogP contribution >= 0.6 is 11.3 Å². The zero-order valence-corrected chi connectivity index (χ0v) is 13.0. The number of carbonyl (C=O) groups excluding carboxylic acids is 1. The summed E-state index contributed by atoms with van der Waals surface area (Å²) in [7, 11) is 0. The maximum Gasteiger partial charge on any atom is 0.244 e. The van der Waals surface area contributed by atoms with Gasteiger partial charge in [0.05, 0.1) is 16.2 Å². The molecule has 1 aliphatic carbocycles. The van der Waals surface area contributed by atoms with Gasteiger partial charge in [-0.25, -0.2) is 4.98 Å². The van der Waals surface area contributed by atoms with Gasteiger partial charge in [-0.05, 0) is 44.7 Å². The Balaban J connectivity index is 1.71. The Bertz CT molecular complexity index is 656. The van der Waals surface area contributed by atoms with Crippen molar-refractivity contribution in [2.24, 2.45) is 11.7 Å². The molecule has 1 atom stereocenters. The summed E-state index contributed by atoms with van der Waals surface area (Å²) in [5.74, 6) is 0.206. The van der Waals surface area contributed by atoms with E-state index in [0.717, 1.165) is 34.8 Å². The highest BCUT2D eigenvalue weighted by molar-refractivity contribution is 7.09. The van der Waals surface area contributed by atoms with E-state index in [0.29, 0.717) is 5.92 Å². The first-order valence-corrected chi connectivity index (χ1v) is 7.97. The lowest BCUT2D eigenvalue weighted by molar-refractivity contribution is -0.121. The van der Waals surface area contributed by atoms with Gasteiger partial charge in [-0.3, -0.25) is 4.79 Å². The molecule has 2 aromatic rings. The fourth-order valence-electron chi connectivity index (χ4n) is 2.35. The fourth-order valence-corrected chi connectivity index (χ4v) is 2.98. The molecule has 0 bridgehead atoms. The first-order chi connectivity index (χ1) is 9.96. The van der Waals surface area contributed by atoms with E-state index in [1.165, 1.54) is 0 Å². The standard InChI is InChI=1S/C16H19N3OS/c1-10-18-14(9-21-10)11-3-7-13(8-4-11)19-15(20)16(2,17)12-5-6-12/h3-4,7-9,12H,5-6,17H2,1-2H3,(H,19,20). The lowest BCUT2D eigenvalue weighted by Gasteiger charge is -2.23. The van der Waals surface area contributed by atoms with Gasteiger partial charge in [0.15, 0.2) is 0 Å². The van der Waals surface area contributed by atoms with Gasteiger partial charge in [0.2, 0.25) is 5.91 Å². The van der Waals surface area contributed by atoms with Gasteiger partial charge < -0.3 is 11.1 Å². The number of hydrogen-bond donors (Lipinski definition) is 2. The number of rotatable bonds is 4. The van der Waals surface area contributed by atoms with Crippen LogP contribution in [-0.4, -0.2) is 16.4 Å². The van der Waals surface area contributed by atoms with Crippen LogP contribution in [0.1, 0.15) is 24.8 Å². The molecule has 4 nitrogen and oxygen atoms in total. The molecule has 5 heteroatoms. The summed E-state index contributed by atoms with van der Waals surface area (Å²) in [4.78, 5) is 16.7. The number of amides is 1. The lowest BCUT2D eigenvalue weighted by Crippen LogP contribution is -2.50. The molecule has 1 aliphatic rings. The van der Waals surface area contributed by atoms with Crippen molar-refractivity contribution < 1.29 is 4.79 Å². The molecule has 0 aliphatic heterocycles. The topological polar surface area (TPSA) is 68.0 Å².